The molecule has 1 aliphatic heterocycles. The van der Waals surface area contributed by atoms with Crippen LogP contribution in [0.25, 0.3) is 10.9 Å². The third-order valence-corrected chi connectivity index (χ3v) is 6.94. The van der Waals surface area contributed by atoms with Gasteiger partial charge in [-0.25, -0.2) is 0 Å². The van der Waals surface area contributed by atoms with Crippen LogP contribution in [0, 0.1) is 0 Å². The topological polar surface area (TPSA) is 26.2 Å². The molecule has 0 atom stereocenters. The van der Waals surface area contributed by atoms with Crippen LogP contribution in [-0.2, 0) is 31.2 Å². The molecule has 2 aromatic carbocycles. The Bertz CT molecular complexity index is 1030. The zero-order valence-electron chi connectivity index (χ0n) is 17.8. The second-order valence-corrected chi connectivity index (χ2v) is 9.27. The monoisotopic (exact) mass is 388 g/mol. The lowest BCUT2D eigenvalue weighted by atomic mass is 9.72. The minimum atomic E-state index is 0.259. The second-order valence-electron chi connectivity index (χ2n) is 9.27. The predicted octanol–water partition coefficient (Wildman–Crippen LogP) is 5.02. The first-order chi connectivity index (χ1) is 14.1. The third kappa shape index (κ3) is 3.46. The highest BCUT2D eigenvalue weighted by Gasteiger charge is 2.29. The maximum Gasteiger partial charge on any atom is 0.122 e. The van der Waals surface area contributed by atoms with Gasteiger partial charge < -0.3 is 14.6 Å². The number of hydrogen-bond donors (Lipinski definition) is 1. The van der Waals surface area contributed by atoms with Crippen LogP contribution in [0.15, 0.2) is 42.6 Å². The van der Waals surface area contributed by atoms with Crippen molar-refractivity contribution in [2.45, 2.75) is 57.9 Å². The highest BCUT2D eigenvalue weighted by atomic mass is 16.5. The number of ether oxygens (including phenoxy) is 1. The maximum absolute atomic E-state index is 6.36. The third-order valence-electron chi connectivity index (χ3n) is 6.94. The van der Waals surface area contributed by atoms with Gasteiger partial charge >= 0.3 is 0 Å². The fourth-order valence-corrected chi connectivity index (χ4v) is 5.36. The Morgan fingerprint density at radius 1 is 1.00 bits per heavy atom. The number of nitrogens with one attached hydrogen (secondary N) is 1. The lowest BCUT2D eigenvalue weighted by Crippen LogP contribution is -2.24. The van der Waals surface area contributed by atoms with Gasteiger partial charge in [0, 0.05) is 6.20 Å². The van der Waals surface area contributed by atoms with Crippen LogP contribution in [0.1, 0.15) is 48.9 Å². The van der Waals surface area contributed by atoms with Gasteiger partial charge in [0.25, 0.3) is 0 Å². The highest BCUT2D eigenvalue weighted by Crippen LogP contribution is 2.40. The van der Waals surface area contributed by atoms with Crippen molar-refractivity contribution >= 4 is 10.9 Å². The van der Waals surface area contributed by atoms with Crippen LogP contribution < -0.4 is 10.1 Å². The second kappa shape index (κ2) is 7.53. The smallest absolute Gasteiger partial charge is 0.122 e. The van der Waals surface area contributed by atoms with E-state index in [1.54, 1.807) is 0 Å². The predicted molar refractivity (Wildman–Crippen MR) is 120 cm³/mol. The highest BCUT2D eigenvalue weighted by molar-refractivity contribution is 5.84. The number of benzene rings is 2. The van der Waals surface area contributed by atoms with E-state index in [9.17, 15) is 0 Å². The first-order valence-corrected chi connectivity index (χ1v) is 11.2. The molecule has 3 aromatic rings. The summed E-state index contributed by atoms with van der Waals surface area (Å²) in [5, 5.41) is 4.89. The van der Waals surface area contributed by atoms with Crippen molar-refractivity contribution in [2.75, 3.05) is 19.7 Å². The van der Waals surface area contributed by atoms with Gasteiger partial charge in [-0.1, -0.05) is 38.1 Å². The van der Waals surface area contributed by atoms with Crippen molar-refractivity contribution < 1.29 is 4.74 Å². The molecule has 1 N–H and O–H groups in total. The zero-order valence-corrected chi connectivity index (χ0v) is 17.8. The molecule has 0 bridgehead atoms. The number of hydrogen-bond acceptors (Lipinski definition) is 2. The summed E-state index contributed by atoms with van der Waals surface area (Å²) in [6.45, 7) is 8.48. The van der Waals surface area contributed by atoms with Gasteiger partial charge in [-0.05, 0) is 90.4 Å². The quantitative estimate of drug-likeness (QED) is 0.679. The van der Waals surface area contributed by atoms with Gasteiger partial charge in [-0.3, -0.25) is 0 Å². The van der Waals surface area contributed by atoms with E-state index < -0.39 is 0 Å². The van der Waals surface area contributed by atoms with Crippen LogP contribution in [0.4, 0.5) is 0 Å². The minimum absolute atomic E-state index is 0.259. The molecule has 1 aliphatic carbocycles. The summed E-state index contributed by atoms with van der Waals surface area (Å²) >= 11 is 0. The van der Waals surface area contributed by atoms with Crippen LogP contribution in [-0.4, -0.2) is 24.3 Å². The molecular weight excluding hydrogens is 356 g/mol. The molecule has 0 amide bonds. The molecule has 29 heavy (non-hydrogen) atoms. The Labute approximate surface area is 174 Å². The van der Waals surface area contributed by atoms with E-state index in [1.165, 1.54) is 46.0 Å². The van der Waals surface area contributed by atoms with Crippen molar-refractivity contribution in [1.82, 2.24) is 9.88 Å². The lowest BCUT2D eigenvalue weighted by molar-refractivity contribution is 0.293. The molecule has 3 heteroatoms. The molecule has 152 valence electrons. The standard InChI is InChI=1S/C26H32N2O/c1-26(2)13-4-5-22-23(26)6-3-7-24(22)29-18-17-28-16-12-20-9-8-19-10-14-27-15-11-21(19)25(20)28/h3,6-9,12,16,27H,4-5,10-11,13-15,17-18H2,1-2H3. The van der Waals surface area contributed by atoms with Crippen molar-refractivity contribution in [3.05, 3.63) is 64.8 Å². The van der Waals surface area contributed by atoms with E-state index >= 15 is 0 Å². The van der Waals surface area contributed by atoms with E-state index in [-0.39, 0.29) is 5.41 Å². The van der Waals surface area contributed by atoms with Gasteiger partial charge in [0.15, 0.2) is 0 Å². The van der Waals surface area contributed by atoms with Crippen molar-refractivity contribution in [1.29, 1.82) is 0 Å². The molecule has 0 saturated carbocycles. The first-order valence-electron chi connectivity index (χ1n) is 11.2. The molecule has 0 saturated heterocycles. The average molecular weight is 389 g/mol. The number of fused-ring (bicyclic) bond motifs is 4. The number of aromatic nitrogens is 1. The van der Waals surface area contributed by atoms with E-state index in [4.69, 9.17) is 4.74 Å². The zero-order chi connectivity index (χ0) is 19.8. The maximum atomic E-state index is 6.36. The summed E-state index contributed by atoms with van der Waals surface area (Å²) in [5.41, 5.74) is 7.60. The van der Waals surface area contributed by atoms with Crippen LogP contribution in [0.2, 0.25) is 0 Å². The van der Waals surface area contributed by atoms with Gasteiger partial charge in [0.2, 0.25) is 0 Å². The lowest BCUT2D eigenvalue weighted by Gasteiger charge is -2.33. The summed E-state index contributed by atoms with van der Waals surface area (Å²) in [6.07, 6.45) is 8.12. The van der Waals surface area contributed by atoms with Crippen molar-refractivity contribution in [3.8, 4) is 5.75 Å². The first kappa shape index (κ1) is 18.7. The fourth-order valence-electron chi connectivity index (χ4n) is 5.36. The van der Waals surface area contributed by atoms with Crippen LogP contribution >= 0.6 is 0 Å². The molecule has 2 heterocycles. The molecule has 1 aromatic heterocycles. The summed E-state index contributed by atoms with van der Waals surface area (Å²) in [6, 6.07) is 13.5. The van der Waals surface area contributed by atoms with Gasteiger partial charge in [-0.2, -0.15) is 0 Å². The van der Waals surface area contributed by atoms with Crippen LogP contribution in [0.3, 0.4) is 0 Å². The summed E-state index contributed by atoms with van der Waals surface area (Å²) in [5.74, 6) is 1.09. The number of rotatable bonds is 4. The van der Waals surface area contributed by atoms with Gasteiger partial charge in [0.1, 0.15) is 12.4 Å². The normalized spacial score (nSPS) is 18.1. The summed E-state index contributed by atoms with van der Waals surface area (Å²) < 4.78 is 8.76. The molecule has 0 radical (unpaired) electrons. The molecule has 0 fully saturated rings. The van der Waals surface area contributed by atoms with Crippen LogP contribution in [0.5, 0.6) is 5.75 Å². The molecule has 5 rings (SSSR count). The molecule has 0 unspecified atom stereocenters. The van der Waals surface area contributed by atoms with E-state index in [0.29, 0.717) is 6.61 Å². The summed E-state index contributed by atoms with van der Waals surface area (Å²) in [7, 11) is 0. The molecular formula is C26H32N2O. The Hall–Kier alpha value is -2.26. The van der Waals surface area contributed by atoms with E-state index in [2.05, 4.69) is 66.3 Å². The molecule has 0 spiro atoms. The number of nitrogens with zero attached hydrogens (tertiary/aromatic N) is 1. The Morgan fingerprint density at radius 2 is 1.90 bits per heavy atom. The van der Waals surface area contributed by atoms with Gasteiger partial charge in [0.05, 0.1) is 12.1 Å². The van der Waals surface area contributed by atoms with E-state index in [1.807, 2.05) is 0 Å². The molecule has 2 aliphatic rings. The molecule has 3 nitrogen and oxygen atoms in total. The Balaban J connectivity index is 1.38. The minimum Gasteiger partial charge on any atom is -0.491 e. The van der Waals surface area contributed by atoms with Crippen molar-refractivity contribution in [3.63, 3.8) is 0 Å². The van der Waals surface area contributed by atoms with Crippen molar-refractivity contribution in [2.24, 2.45) is 0 Å². The SMILES string of the molecule is CC1(C)CCCc2c(OCCn3ccc4ccc5c(c43)CCNCC5)cccc21. The van der Waals surface area contributed by atoms with Gasteiger partial charge in [-0.15, -0.1) is 0 Å². The summed E-state index contributed by atoms with van der Waals surface area (Å²) in [4.78, 5) is 0. The Morgan fingerprint density at radius 3 is 2.83 bits per heavy atom. The fraction of sp³-hybridized carbons (Fsp3) is 0.462. The van der Waals surface area contributed by atoms with E-state index in [0.717, 1.165) is 44.6 Å². The average Bonchev–Trinajstić information content (AvgIpc) is 2.97. The Kier molecular flexibility index (Phi) is 4.87. The largest absolute Gasteiger partial charge is 0.491 e.